The van der Waals surface area contributed by atoms with Crippen LogP contribution in [0.15, 0.2) is 46.9 Å². The van der Waals surface area contributed by atoms with E-state index in [1.54, 1.807) is 0 Å². The molecule has 0 aliphatic heterocycles. The molecule has 1 amide bonds. The van der Waals surface area contributed by atoms with Gasteiger partial charge in [0.2, 0.25) is 5.91 Å². The molecule has 0 saturated heterocycles. The van der Waals surface area contributed by atoms with Crippen molar-refractivity contribution in [2.45, 2.75) is 13.8 Å². The second-order valence-electron chi connectivity index (χ2n) is 4.82. The molecular formula is C17H19BrN2O2. The Morgan fingerprint density at radius 2 is 1.82 bits per heavy atom. The van der Waals surface area contributed by atoms with Crippen molar-refractivity contribution < 1.29 is 9.53 Å². The number of hydrogen-bond acceptors (Lipinski definition) is 3. The summed E-state index contributed by atoms with van der Waals surface area (Å²) in [5.74, 6) is 0.728. The molecule has 2 aromatic carbocycles. The molecule has 0 saturated carbocycles. The number of ether oxygens (including phenoxy) is 1. The Balaban J connectivity index is 1.85. The van der Waals surface area contributed by atoms with Crippen LogP contribution in [0.1, 0.15) is 12.5 Å². The molecule has 116 valence electrons. The monoisotopic (exact) mass is 362 g/mol. The van der Waals surface area contributed by atoms with Crippen molar-refractivity contribution in [2.24, 2.45) is 0 Å². The Labute approximate surface area is 139 Å². The SMILES string of the molecule is CCOc1ccc(NCC(=O)Nc2ccc(C)c(Br)c2)cc1. The van der Waals surface area contributed by atoms with E-state index in [0.29, 0.717) is 6.61 Å². The molecule has 0 heterocycles. The van der Waals surface area contributed by atoms with E-state index >= 15 is 0 Å². The molecule has 5 heteroatoms. The Hall–Kier alpha value is -2.01. The van der Waals surface area contributed by atoms with Crippen LogP contribution >= 0.6 is 15.9 Å². The highest BCUT2D eigenvalue weighted by Crippen LogP contribution is 2.20. The maximum absolute atomic E-state index is 11.9. The first kappa shape index (κ1) is 16.4. The number of carbonyl (C=O) groups excluding carboxylic acids is 1. The summed E-state index contributed by atoms with van der Waals surface area (Å²) in [5, 5.41) is 5.94. The van der Waals surface area contributed by atoms with Gasteiger partial charge in [-0.3, -0.25) is 4.79 Å². The quantitative estimate of drug-likeness (QED) is 0.809. The third-order valence-electron chi connectivity index (χ3n) is 3.07. The Morgan fingerprint density at radius 3 is 2.45 bits per heavy atom. The van der Waals surface area contributed by atoms with Crippen LogP contribution in [0.4, 0.5) is 11.4 Å². The normalized spacial score (nSPS) is 10.1. The van der Waals surface area contributed by atoms with Crippen LogP contribution in [-0.4, -0.2) is 19.1 Å². The van der Waals surface area contributed by atoms with E-state index in [4.69, 9.17) is 4.74 Å². The van der Waals surface area contributed by atoms with Gasteiger partial charge in [0.25, 0.3) is 0 Å². The average Bonchev–Trinajstić information content (AvgIpc) is 2.51. The summed E-state index contributed by atoms with van der Waals surface area (Å²) >= 11 is 3.45. The molecule has 0 bridgehead atoms. The Kier molecular flexibility index (Phi) is 5.83. The van der Waals surface area contributed by atoms with Crippen LogP contribution in [0, 0.1) is 6.92 Å². The summed E-state index contributed by atoms with van der Waals surface area (Å²) in [4.78, 5) is 11.9. The van der Waals surface area contributed by atoms with Crippen molar-refractivity contribution in [1.29, 1.82) is 0 Å². The lowest BCUT2D eigenvalue weighted by Crippen LogP contribution is -2.21. The molecule has 2 N–H and O–H groups in total. The molecule has 0 spiro atoms. The van der Waals surface area contributed by atoms with Gasteiger partial charge in [-0.05, 0) is 55.8 Å². The van der Waals surface area contributed by atoms with Gasteiger partial charge in [-0.1, -0.05) is 22.0 Å². The fourth-order valence-corrected chi connectivity index (χ4v) is 2.27. The molecule has 22 heavy (non-hydrogen) atoms. The second kappa shape index (κ2) is 7.84. The standard InChI is InChI=1S/C17H19BrN2O2/c1-3-22-15-8-6-13(7-9-15)19-11-17(21)20-14-5-4-12(2)16(18)10-14/h4-10,19H,3,11H2,1-2H3,(H,20,21). The van der Waals surface area contributed by atoms with Gasteiger partial charge < -0.3 is 15.4 Å². The number of amides is 1. The number of anilines is 2. The van der Waals surface area contributed by atoms with E-state index in [1.165, 1.54) is 0 Å². The Bertz CT molecular complexity index is 642. The van der Waals surface area contributed by atoms with E-state index in [-0.39, 0.29) is 12.5 Å². The first-order chi connectivity index (χ1) is 10.6. The zero-order chi connectivity index (χ0) is 15.9. The zero-order valence-corrected chi connectivity index (χ0v) is 14.2. The third-order valence-corrected chi connectivity index (χ3v) is 3.93. The van der Waals surface area contributed by atoms with Crippen molar-refractivity contribution in [1.82, 2.24) is 0 Å². The molecular weight excluding hydrogens is 344 g/mol. The minimum Gasteiger partial charge on any atom is -0.494 e. The number of hydrogen-bond donors (Lipinski definition) is 2. The summed E-state index contributed by atoms with van der Waals surface area (Å²) in [7, 11) is 0. The number of halogens is 1. The van der Waals surface area contributed by atoms with Gasteiger partial charge in [0.05, 0.1) is 13.2 Å². The van der Waals surface area contributed by atoms with Gasteiger partial charge in [-0.15, -0.1) is 0 Å². The Morgan fingerprint density at radius 1 is 1.14 bits per heavy atom. The lowest BCUT2D eigenvalue weighted by molar-refractivity contribution is -0.114. The molecule has 0 radical (unpaired) electrons. The number of rotatable bonds is 6. The zero-order valence-electron chi connectivity index (χ0n) is 12.7. The molecule has 0 atom stereocenters. The van der Waals surface area contributed by atoms with Gasteiger partial charge in [-0.2, -0.15) is 0 Å². The van der Waals surface area contributed by atoms with Gasteiger partial charge in [0.1, 0.15) is 5.75 Å². The predicted octanol–water partition coefficient (Wildman–Crippen LogP) is 4.21. The summed E-state index contributed by atoms with van der Waals surface area (Å²) in [5.41, 5.74) is 2.78. The highest BCUT2D eigenvalue weighted by molar-refractivity contribution is 9.10. The largest absolute Gasteiger partial charge is 0.494 e. The van der Waals surface area contributed by atoms with E-state index in [2.05, 4.69) is 26.6 Å². The van der Waals surface area contributed by atoms with E-state index in [9.17, 15) is 4.79 Å². The van der Waals surface area contributed by atoms with Gasteiger partial charge in [0, 0.05) is 15.8 Å². The van der Waals surface area contributed by atoms with Crippen LogP contribution < -0.4 is 15.4 Å². The van der Waals surface area contributed by atoms with Crippen LogP contribution in [0.5, 0.6) is 5.75 Å². The maximum Gasteiger partial charge on any atom is 0.243 e. The molecule has 0 fully saturated rings. The number of benzene rings is 2. The summed E-state index contributed by atoms with van der Waals surface area (Å²) in [6.07, 6.45) is 0. The summed E-state index contributed by atoms with van der Waals surface area (Å²) in [6.45, 7) is 4.80. The van der Waals surface area contributed by atoms with E-state index in [1.807, 2.05) is 56.3 Å². The molecule has 2 rings (SSSR count). The van der Waals surface area contributed by atoms with Gasteiger partial charge in [-0.25, -0.2) is 0 Å². The molecule has 2 aromatic rings. The van der Waals surface area contributed by atoms with E-state index in [0.717, 1.165) is 27.2 Å². The minimum atomic E-state index is -0.0929. The smallest absolute Gasteiger partial charge is 0.243 e. The lowest BCUT2D eigenvalue weighted by atomic mass is 10.2. The number of carbonyl (C=O) groups is 1. The van der Waals surface area contributed by atoms with Gasteiger partial charge >= 0.3 is 0 Å². The highest BCUT2D eigenvalue weighted by Gasteiger charge is 2.04. The fraction of sp³-hybridized carbons (Fsp3) is 0.235. The molecule has 0 aliphatic carbocycles. The molecule has 0 aliphatic rings. The second-order valence-corrected chi connectivity index (χ2v) is 5.68. The topological polar surface area (TPSA) is 50.4 Å². The van der Waals surface area contributed by atoms with Crippen molar-refractivity contribution in [3.05, 3.63) is 52.5 Å². The minimum absolute atomic E-state index is 0.0929. The average molecular weight is 363 g/mol. The lowest BCUT2D eigenvalue weighted by Gasteiger charge is -2.09. The van der Waals surface area contributed by atoms with Crippen molar-refractivity contribution >= 4 is 33.2 Å². The fourth-order valence-electron chi connectivity index (χ4n) is 1.89. The molecule has 0 unspecified atom stereocenters. The first-order valence-electron chi connectivity index (χ1n) is 7.11. The molecule has 0 aromatic heterocycles. The summed E-state index contributed by atoms with van der Waals surface area (Å²) < 4.78 is 6.35. The van der Waals surface area contributed by atoms with Crippen LogP contribution in [0.3, 0.4) is 0 Å². The first-order valence-corrected chi connectivity index (χ1v) is 7.90. The predicted molar refractivity (Wildman–Crippen MR) is 93.6 cm³/mol. The van der Waals surface area contributed by atoms with Crippen LogP contribution in [0.25, 0.3) is 0 Å². The van der Waals surface area contributed by atoms with Crippen LogP contribution in [-0.2, 0) is 4.79 Å². The third kappa shape index (κ3) is 4.77. The van der Waals surface area contributed by atoms with Gasteiger partial charge in [0.15, 0.2) is 0 Å². The van der Waals surface area contributed by atoms with E-state index < -0.39 is 0 Å². The number of aryl methyl sites for hydroxylation is 1. The van der Waals surface area contributed by atoms with Crippen LogP contribution in [0.2, 0.25) is 0 Å². The van der Waals surface area contributed by atoms with Crippen molar-refractivity contribution in [2.75, 3.05) is 23.8 Å². The van der Waals surface area contributed by atoms with Crippen molar-refractivity contribution in [3.63, 3.8) is 0 Å². The number of nitrogens with one attached hydrogen (secondary N) is 2. The maximum atomic E-state index is 11.9. The summed E-state index contributed by atoms with van der Waals surface area (Å²) in [6, 6.07) is 13.3. The van der Waals surface area contributed by atoms with Crippen molar-refractivity contribution in [3.8, 4) is 5.75 Å². The molecule has 4 nitrogen and oxygen atoms in total. The highest BCUT2D eigenvalue weighted by atomic mass is 79.9.